The molecule has 0 saturated heterocycles. The normalized spacial score (nSPS) is 16.3. The molecule has 1 rings (SSSR count). The highest BCUT2D eigenvalue weighted by Gasteiger charge is 2.17. The average Bonchev–Trinajstić information content (AvgIpc) is 2.35. The maximum atomic E-state index is 11.6. The van der Waals surface area contributed by atoms with Crippen molar-refractivity contribution in [2.75, 3.05) is 6.54 Å². The van der Waals surface area contributed by atoms with Crippen LogP contribution in [0.1, 0.15) is 64.7 Å². The molecule has 1 aliphatic rings. The lowest BCUT2D eigenvalue weighted by atomic mass is 9.95. The van der Waals surface area contributed by atoms with Crippen molar-refractivity contribution in [1.82, 2.24) is 10.6 Å². The molecule has 18 heavy (non-hydrogen) atoms. The smallest absolute Gasteiger partial charge is 0.229 e. The van der Waals surface area contributed by atoms with Crippen LogP contribution in [-0.2, 0) is 9.59 Å². The molecular weight excluding hydrogens is 228 g/mol. The van der Waals surface area contributed by atoms with Gasteiger partial charge in [-0.3, -0.25) is 9.59 Å². The van der Waals surface area contributed by atoms with Gasteiger partial charge in [0.1, 0.15) is 6.42 Å². The van der Waals surface area contributed by atoms with Crippen LogP contribution in [0.3, 0.4) is 0 Å². The molecule has 0 radical (unpaired) electrons. The fourth-order valence-electron chi connectivity index (χ4n) is 2.34. The Morgan fingerprint density at radius 1 is 1.06 bits per heavy atom. The fourth-order valence-corrected chi connectivity index (χ4v) is 2.34. The van der Waals surface area contributed by atoms with Gasteiger partial charge < -0.3 is 10.6 Å². The minimum atomic E-state index is -0.153. The van der Waals surface area contributed by atoms with Gasteiger partial charge in [0, 0.05) is 12.6 Å². The van der Waals surface area contributed by atoms with Crippen LogP contribution in [-0.4, -0.2) is 24.4 Å². The third kappa shape index (κ3) is 6.62. The lowest BCUT2D eigenvalue weighted by Crippen LogP contribution is -2.39. The quantitative estimate of drug-likeness (QED) is 0.540. The highest BCUT2D eigenvalue weighted by molar-refractivity contribution is 5.96. The van der Waals surface area contributed by atoms with Crippen molar-refractivity contribution in [3.05, 3.63) is 0 Å². The van der Waals surface area contributed by atoms with Crippen molar-refractivity contribution in [3.63, 3.8) is 0 Å². The molecule has 4 heteroatoms. The average molecular weight is 254 g/mol. The van der Waals surface area contributed by atoms with Crippen LogP contribution in [0.5, 0.6) is 0 Å². The molecule has 0 aliphatic heterocycles. The van der Waals surface area contributed by atoms with E-state index >= 15 is 0 Å². The third-order valence-electron chi connectivity index (χ3n) is 3.39. The summed E-state index contributed by atoms with van der Waals surface area (Å²) in [6.45, 7) is 2.81. The van der Waals surface area contributed by atoms with Gasteiger partial charge in [-0.05, 0) is 19.3 Å². The Labute approximate surface area is 110 Å². The van der Waals surface area contributed by atoms with Crippen LogP contribution in [0.4, 0.5) is 0 Å². The van der Waals surface area contributed by atoms with Gasteiger partial charge in [0.15, 0.2) is 0 Å². The SMILES string of the molecule is CCCCCNC(=O)CC(=O)NC1CCCCC1. The summed E-state index contributed by atoms with van der Waals surface area (Å²) in [5, 5.41) is 5.74. The topological polar surface area (TPSA) is 58.2 Å². The number of hydrogen-bond donors (Lipinski definition) is 2. The van der Waals surface area contributed by atoms with Crippen LogP contribution in [0, 0.1) is 0 Å². The van der Waals surface area contributed by atoms with Crippen LogP contribution in [0.2, 0.25) is 0 Å². The molecule has 0 unspecified atom stereocenters. The summed E-state index contributed by atoms with van der Waals surface area (Å²) in [4.78, 5) is 23.1. The number of carbonyl (C=O) groups excluding carboxylic acids is 2. The zero-order chi connectivity index (χ0) is 13.2. The van der Waals surface area contributed by atoms with Crippen LogP contribution in [0.25, 0.3) is 0 Å². The van der Waals surface area contributed by atoms with E-state index in [-0.39, 0.29) is 18.2 Å². The summed E-state index contributed by atoms with van der Waals surface area (Å²) in [6.07, 6.45) is 8.99. The summed E-state index contributed by atoms with van der Waals surface area (Å²) in [6, 6.07) is 0.291. The molecule has 1 aliphatic carbocycles. The van der Waals surface area contributed by atoms with E-state index in [9.17, 15) is 9.59 Å². The molecule has 2 amide bonds. The molecule has 104 valence electrons. The maximum Gasteiger partial charge on any atom is 0.229 e. The molecule has 0 aromatic heterocycles. The van der Waals surface area contributed by atoms with Gasteiger partial charge in [-0.25, -0.2) is 0 Å². The van der Waals surface area contributed by atoms with E-state index in [1.54, 1.807) is 0 Å². The van der Waals surface area contributed by atoms with Crippen molar-refractivity contribution >= 4 is 11.8 Å². The zero-order valence-electron chi connectivity index (χ0n) is 11.5. The summed E-state index contributed by atoms with van der Waals surface area (Å²) < 4.78 is 0. The summed E-state index contributed by atoms with van der Waals surface area (Å²) in [5.41, 5.74) is 0. The number of rotatable bonds is 7. The molecular formula is C14H26N2O2. The van der Waals surface area contributed by atoms with Gasteiger partial charge >= 0.3 is 0 Å². The Balaban J connectivity index is 2.08. The van der Waals surface area contributed by atoms with Crippen LogP contribution < -0.4 is 10.6 Å². The number of hydrogen-bond acceptors (Lipinski definition) is 2. The molecule has 0 heterocycles. The summed E-state index contributed by atoms with van der Waals surface area (Å²) in [7, 11) is 0. The van der Waals surface area contributed by atoms with E-state index in [0.717, 1.165) is 32.1 Å². The van der Waals surface area contributed by atoms with Crippen molar-refractivity contribution in [3.8, 4) is 0 Å². The monoisotopic (exact) mass is 254 g/mol. The van der Waals surface area contributed by atoms with E-state index < -0.39 is 0 Å². The molecule has 0 spiro atoms. The Bertz CT molecular complexity index is 261. The zero-order valence-corrected chi connectivity index (χ0v) is 11.5. The second-order valence-electron chi connectivity index (χ2n) is 5.14. The molecule has 1 fully saturated rings. The first kappa shape index (κ1) is 15.0. The number of carbonyl (C=O) groups is 2. The standard InChI is InChI=1S/C14H26N2O2/c1-2-3-7-10-15-13(17)11-14(18)16-12-8-5-4-6-9-12/h12H,2-11H2,1H3,(H,15,17)(H,16,18). The molecule has 2 N–H and O–H groups in total. The van der Waals surface area contributed by atoms with E-state index in [0.29, 0.717) is 12.6 Å². The second-order valence-corrected chi connectivity index (χ2v) is 5.14. The highest BCUT2D eigenvalue weighted by atomic mass is 16.2. The molecule has 0 aromatic rings. The predicted molar refractivity (Wildman–Crippen MR) is 72.2 cm³/mol. The van der Waals surface area contributed by atoms with Gasteiger partial charge in [0.05, 0.1) is 0 Å². The number of amides is 2. The largest absolute Gasteiger partial charge is 0.356 e. The lowest BCUT2D eigenvalue weighted by Gasteiger charge is -2.22. The second kappa shape index (κ2) is 8.95. The minimum absolute atomic E-state index is 0.0252. The number of unbranched alkanes of at least 4 members (excludes halogenated alkanes) is 2. The van der Waals surface area contributed by atoms with Gasteiger partial charge in [0.2, 0.25) is 11.8 Å². The van der Waals surface area contributed by atoms with E-state index in [2.05, 4.69) is 17.6 Å². The summed E-state index contributed by atoms with van der Waals surface area (Å²) >= 11 is 0. The maximum absolute atomic E-state index is 11.6. The summed E-state index contributed by atoms with van der Waals surface area (Å²) in [5.74, 6) is -0.283. The molecule has 0 aromatic carbocycles. The Hall–Kier alpha value is -1.06. The first-order valence-electron chi connectivity index (χ1n) is 7.28. The Morgan fingerprint density at radius 2 is 1.78 bits per heavy atom. The molecule has 4 nitrogen and oxygen atoms in total. The van der Waals surface area contributed by atoms with Crippen molar-refractivity contribution < 1.29 is 9.59 Å². The third-order valence-corrected chi connectivity index (χ3v) is 3.39. The Morgan fingerprint density at radius 3 is 2.44 bits per heavy atom. The van der Waals surface area contributed by atoms with Crippen LogP contribution in [0.15, 0.2) is 0 Å². The fraction of sp³-hybridized carbons (Fsp3) is 0.857. The van der Waals surface area contributed by atoms with Crippen LogP contribution >= 0.6 is 0 Å². The molecule has 0 bridgehead atoms. The van der Waals surface area contributed by atoms with Crippen molar-refractivity contribution in [2.24, 2.45) is 0 Å². The molecule has 1 saturated carbocycles. The minimum Gasteiger partial charge on any atom is -0.356 e. The lowest BCUT2D eigenvalue weighted by molar-refractivity contribution is -0.129. The van der Waals surface area contributed by atoms with E-state index in [1.807, 2.05) is 0 Å². The predicted octanol–water partition coefficient (Wildman–Crippen LogP) is 2.13. The van der Waals surface area contributed by atoms with Gasteiger partial charge in [0.25, 0.3) is 0 Å². The van der Waals surface area contributed by atoms with Crippen molar-refractivity contribution in [1.29, 1.82) is 0 Å². The first-order chi connectivity index (χ1) is 8.72. The number of nitrogens with one attached hydrogen (secondary N) is 2. The first-order valence-corrected chi connectivity index (χ1v) is 7.28. The van der Waals surface area contributed by atoms with Gasteiger partial charge in [-0.1, -0.05) is 39.0 Å². The highest BCUT2D eigenvalue weighted by Crippen LogP contribution is 2.17. The van der Waals surface area contributed by atoms with E-state index in [1.165, 1.54) is 19.3 Å². The molecule has 0 atom stereocenters. The Kier molecular flexibility index (Phi) is 7.46. The van der Waals surface area contributed by atoms with Crippen molar-refractivity contribution in [2.45, 2.75) is 70.8 Å². The van der Waals surface area contributed by atoms with Gasteiger partial charge in [-0.15, -0.1) is 0 Å². The van der Waals surface area contributed by atoms with E-state index in [4.69, 9.17) is 0 Å². The van der Waals surface area contributed by atoms with Gasteiger partial charge in [-0.2, -0.15) is 0 Å².